The third-order valence-corrected chi connectivity index (χ3v) is 6.64. The molecule has 2 aromatic rings. The zero-order valence-corrected chi connectivity index (χ0v) is 16.2. The lowest BCUT2D eigenvalue weighted by Crippen LogP contribution is -2.68. The van der Waals surface area contributed by atoms with Crippen molar-refractivity contribution < 1.29 is 9.59 Å². The van der Waals surface area contributed by atoms with Crippen molar-refractivity contribution in [2.45, 2.75) is 42.1 Å². The summed E-state index contributed by atoms with van der Waals surface area (Å²) in [5.41, 5.74) is 6.63. The van der Waals surface area contributed by atoms with E-state index in [0.717, 1.165) is 0 Å². The maximum Gasteiger partial charge on any atom is 0.249 e. The molecule has 0 spiro atoms. The number of rotatable bonds is 4. The van der Waals surface area contributed by atoms with Gasteiger partial charge in [-0.15, -0.1) is 22.0 Å². The second-order valence-corrected chi connectivity index (χ2v) is 9.26. The van der Waals surface area contributed by atoms with Crippen molar-refractivity contribution in [3.63, 3.8) is 0 Å². The second kappa shape index (κ2) is 6.47. The second-order valence-electron chi connectivity index (χ2n) is 7.05. The molecule has 4 atom stereocenters. The van der Waals surface area contributed by atoms with Crippen LogP contribution < -0.4 is 11.1 Å². The van der Waals surface area contributed by atoms with E-state index in [0.29, 0.717) is 16.4 Å². The Kier molecular flexibility index (Phi) is 4.36. The first-order valence-corrected chi connectivity index (χ1v) is 9.60. The quantitative estimate of drug-likeness (QED) is 0.638. The van der Waals surface area contributed by atoms with Gasteiger partial charge >= 0.3 is 0 Å². The fourth-order valence-corrected chi connectivity index (χ4v) is 5.37. The van der Waals surface area contributed by atoms with Gasteiger partial charge in [-0.05, 0) is 31.5 Å². The first-order chi connectivity index (χ1) is 12.8. The van der Waals surface area contributed by atoms with Crippen LogP contribution in [0.15, 0.2) is 24.3 Å². The smallest absolute Gasteiger partial charge is 0.249 e. The summed E-state index contributed by atoms with van der Waals surface area (Å²) in [7, 11) is 0. The lowest BCUT2D eigenvalue weighted by Gasteiger charge is -2.44. The highest BCUT2D eigenvalue weighted by Gasteiger charge is 2.63. The predicted molar refractivity (Wildman–Crippen MR) is 99.5 cm³/mol. The summed E-state index contributed by atoms with van der Waals surface area (Å²) >= 11 is 7.55. The number of fused-ring (bicyclic) bond motifs is 1. The van der Waals surface area contributed by atoms with Gasteiger partial charge in [0.2, 0.25) is 11.8 Å². The molecule has 1 aromatic heterocycles. The number of aromatic nitrogens is 4. The van der Waals surface area contributed by atoms with E-state index >= 15 is 0 Å². The molecule has 11 heteroatoms. The Hall–Kier alpha value is -2.17. The van der Waals surface area contributed by atoms with Crippen LogP contribution in [0.3, 0.4) is 0 Å². The van der Waals surface area contributed by atoms with Crippen LogP contribution >= 0.6 is 23.4 Å². The standard InChI is InChI=1S/C16H18ClN7O2S/c1-16(2)11(12-20-22-23-21-12)24-14(26)10(15(24)27-16)19-13(25)9(18)7-4-3-5-8(17)6-7/h3-6,9-11,15H,18H2,1-2H3,(H,19,25)(H,20,21,22,23)/t9?,10?,11?,15-/m1/s1. The van der Waals surface area contributed by atoms with Gasteiger partial charge in [-0.2, -0.15) is 5.21 Å². The zero-order valence-electron chi connectivity index (χ0n) is 14.6. The third kappa shape index (κ3) is 2.97. The number of amides is 2. The minimum Gasteiger partial charge on any atom is -0.340 e. The molecule has 9 nitrogen and oxygen atoms in total. The highest BCUT2D eigenvalue weighted by Crippen LogP contribution is 2.56. The Bertz CT molecular complexity index is 891. The first-order valence-electron chi connectivity index (χ1n) is 8.34. The summed E-state index contributed by atoms with van der Waals surface area (Å²) in [6.07, 6.45) is 0. The Balaban J connectivity index is 1.49. The molecule has 27 heavy (non-hydrogen) atoms. The molecule has 4 rings (SSSR count). The summed E-state index contributed by atoms with van der Waals surface area (Å²) in [4.78, 5) is 27.0. The van der Waals surface area contributed by atoms with E-state index in [1.807, 2.05) is 13.8 Å². The molecule has 2 fully saturated rings. The van der Waals surface area contributed by atoms with E-state index in [1.54, 1.807) is 40.9 Å². The van der Waals surface area contributed by atoms with Gasteiger partial charge in [0.1, 0.15) is 23.5 Å². The number of benzene rings is 1. The van der Waals surface area contributed by atoms with Crippen molar-refractivity contribution in [3.05, 3.63) is 40.7 Å². The van der Waals surface area contributed by atoms with Crippen molar-refractivity contribution in [1.82, 2.24) is 30.8 Å². The average Bonchev–Trinajstić information content (AvgIpc) is 3.23. The Labute approximate surface area is 164 Å². The van der Waals surface area contributed by atoms with Crippen LogP contribution in [0.25, 0.3) is 0 Å². The van der Waals surface area contributed by atoms with E-state index in [-0.39, 0.29) is 22.1 Å². The van der Waals surface area contributed by atoms with Crippen LogP contribution in [0.4, 0.5) is 0 Å². The summed E-state index contributed by atoms with van der Waals surface area (Å²) in [6, 6.07) is 4.95. The fraction of sp³-hybridized carbons (Fsp3) is 0.438. The van der Waals surface area contributed by atoms with Gasteiger partial charge in [0.25, 0.3) is 0 Å². The molecule has 3 unspecified atom stereocenters. The lowest BCUT2D eigenvalue weighted by molar-refractivity contribution is -0.152. The monoisotopic (exact) mass is 407 g/mol. The van der Waals surface area contributed by atoms with Crippen molar-refractivity contribution in [3.8, 4) is 0 Å². The SMILES string of the molecule is CC1(C)S[C@@H]2C(NC(=O)C(N)c3cccc(Cl)c3)C(=O)N2C1c1nn[nH]n1. The molecule has 4 N–H and O–H groups in total. The van der Waals surface area contributed by atoms with Gasteiger partial charge in [0.15, 0.2) is 5.82 Å². The average molecular weight is 408 g/mol. The Morgan fingerprint density at radius 3 is 2.93 bits per heavy atom. The largest absolute Gasteiger partial charge is 0.340 e. The molecule has 3 heterocycles. The molecule has 2 saturated heterocycles. The van der Waals surface area contributed by atoms with E-state index in [2.05, 4.69) is 25.9 Å². The van der Waals surface area contributed by atoms with Gasteiger partial charge < -0.3 is 16.0 Å². The molecule has 0 saturated carbocycles. The van der Waals surface area contributed by atoms with Crippen LogP contribution in [0.2, 0.25) is 5.02 Å². The Morgan fingerprint density at radius 1 is 1.48 bits per heavy atom. The van der Waals surface area contributed by atoms with Gasteiger partial charge in [0.05, 0.1) is 0 Å². The number of nitrogens with one attached hydrogen (secondary N) is 2. The summed E-state index contributed by atoms with van der Waals surface area (Å²) < 4.78 is -0.321. The topological polar surface area (TPSA) is 130 Å². The molecule has 0 aliphatic carbocycles. The number of nitrogens with zero attached hydrogens (tertiary/aromatic N) is 4. The maximum absolute atomic E-state index is 12.7. The number of carbonyl (C=O) groups excluding carboxylic acids is 2. The highest BCUT2D eigenvalue weighted by molar-refractivity contribution is 8.01. The third-order valence-electron chi connectivity index (χ3n) is 4.84. The van der Waals surface area contributed by atoms with Crippen LogP contribution in [-0.4, -0.2) is 53.5 Å². The normalized spacial score (nSPS) is 27.0. The predicted octanol–water partition coefficient (Wildman–Crippen LogP) is 0.773. The van der Waals surface area contributed by atoms with Gasteiger partial charge in [-0.25, -0.2) is 0 Å². The molecule has 0 bridgehead atoms. The van der Waals surface area contributed by atoms with E-state index in [9.17, 15) is 9.59 Å². The summed E-state index contributed by atoms with van der Waals surface area (Å²) in [6.45, 7) is 4.03. The van der Waals surface area contributed by atoms with Gasteiger partial charge in [0, 0.05) is 9.77 Å². The number of aromatic amines is 1. The number of tetrazole rings is 1. The zero-order chi connectivity index (χ0) is 19.3. The number of β-lactam (4-membered cyclic amide) rings is 1. The van der Waals surface area contributed by atoms with E-state index < -0.39 is 18.0 Å². The van der Waals surface area contributed by atoms with Crippen molar-refractivity contribution in [2.24, 2.45) is 5.73 Å². The molecule has 2 amide bonds. The minimum absolute atomic E-state index is 0.181. The highest BCUT2D eigenvalue weighted by atomic mass is 35.5. The van der Waals surface area contributed by atoms with Crippen molar-refractivity contribution >= 4 is 35.2 Å². The fourth-order valence-electron chi connectivity index (χ4n) is 3.54. The van der Waals surface area contributed by atoms with Gasteiger partial charge in [-0.1, -0.05) is 28.9 Å². The molecule has 1 aromatic carbocycles. The number of nitrogens with two attached hydrogens (primary N) is 1. The van der Waals surface area contributed by atoms with E-state index in [1.165, 1.54) is 0 Å². The number of carbonyl (C=O) groups is 2. The van der Waals surface area contributed by atoms with Crippen LogP contribution in [-0.2, 0) is 9.59 Å². The van der Waals surface area contributed by atoms with E-state index in [4.69, 9.17) is 17.3 Å². The lowest BCUT2D eigenvalue weighted by atomic mass is 9.95. The van der Waals surface area contributed by atoms with Crippen LogP contribution in [0.5, 0.6) is 0 Å². The molecule has 0 radical (unpaired) electrons. The Morgan fingerprint density at radius 2 is 2.26 bits per heavy atom. The number of hydrogen-bond acceptors (Lipinski definition) is 7. The summed E-state index contributed by atoms with van der Waals surface area (Å²) in [5.74, 6) is -0.139. The number of halogens is 1. The van der Waals surface area contributed by atoms with Crippen LogP contribution in [0, 0.1) is 0 Å². The van der Waals surface area contributed by atoms with Crippen molar-refractivity contribution in [1.29, 1.82) is 0 Å². The van der Waals surface area contributed by atoms with Crippen LogP contribution in [0.1, 0.15) is 37.3 Å². The molecule has 142 valence electrons. The number of thioether (sulfide) groups is 1. The van der Waals surface area contributed by atoms with Gasteiger partial charge in [-0.3, -0.25) is 9.59 Å². The number of hydrogen-bond donors (Lipinski definition) is 3. The van der Waals surface area contributed by atoms with Crippen molar-refractivity contribution in [2.75, 3.05) is 0 Å². The molecule has 2 aliphatic rings. The minimum atomic E-state index is -0.905. The first kappa shape index (κ1) is 18.2. The maximum atomic E-state index is 12.7. The number of H-pyrrole nitrogens is 1. The summed E-state index contributed by atoms with van der Waals surface area (Å²) in [5, 5.41) is 17.2. The molecule has 2 aliphatic heterocycles. The molecular formula is C16H18ClN7O2S. The molecular weight excluding hydrogens is 390 g/mol.